The minimum Gasteiger partial charge on any atom is -0.328 e. The molecule has 2 unspecified atom stereocenters. The number of rotatable bonds is 4. The van der Waals surface area contributed by atoms with Crippen LogP contribution in [-0.2, 0) is 4.79 Å². The van der Waals surface area contributed by atoms with E-state index in [1.165, 1.54) is 9.79 Å². The number of nitrogens with two attached hydrogens (primary N) is 1. The van der Waals surface area contributed by atoms with Crippen LogP contribution in [0.5, 0.6) is 0 Å². The molecule has 2 aromatic carbocycles. The smallest absolute Gasteiger partial charge is 0.227 e. The lowest BCUT2D eigenvalue weighted by molar-refractivity contribution is -0.119. The Kier molecular flexibility index (Phi) is 5.03. The highest BCUT2D eigenvalue weighted by atomic mass is 32.2. The van der Waals surface area contributed by atoms with Crippen molar-refractivity contribution in [2.24, 2.45) is 11.7 Å². The number of nitrogens with one attached hydrogen (secondary N) is 1. The number of aryl methyl sites for hydroxylation is 1. The fraction of sp³-hybridized carbons (Fsp3) is 0.316. The molecule has 1 saturated carbocycles. The van der Waals surface area contributed by atoms with Gasteiger partial charge < -0.3 is 11.1 Å². The van der Waals surface area contributed by atoms with Crippen molar-refractivity contribution in [1.29, 1.82) is 0 Å². The zero-order chi connectivity index (χ0) is 16.2. The van der Waals surface area contributed by atoms with Gasteiger partial charge in [0.25, 0.3) is 0 Å². The lowest BCUT2D eigenvalue weighted by Crippen LogP contribution is -2.23. The van der Waals surface area contributed by atoms with Gasteiger partial charge in [-0.05, 0) is 62.1 Å². The third-order valence-electron chi connectivity index (χ3n) is 4.28. The summed E-state index contributed by atoms with van der Waals surface area (Å²) >= 11 is 1.73. The van der Waals surface area contributed by atoms with Gasteiger partial charge in [0.2, 0.25) is 5.91 Å². The Hall–Kier alpha value is -1.78. The van der Waals surface area contributed by atoms with Crippen LogP contribution in [-0.4, -0.2) is 11.9 Å². The Bertz CT molecular complexity index is 687. The van der Waals surface area contributed by atoms with Gasteiger partial charge in [-0.2, -0.15) is 0 Å². The third kappa shape index (κ3) is 4.15. The number of benzene rings is 2. The molecule has 2 aromatic rings. The van der Waals surface area contributed by atoms with E-state index in [0.29, 0.717) is 0 Å². The van der Waals surface area contributed by atoms with Gasteiger partial charge in [0.1, 0.15) is 0 Å². The number of carbonyl (C=O) groups is 1. The van der Waals surface area contributed by atoms with E-state index in [-0.39, 0.29) is 17.9 Å². The molecule has 2 atom stereocenters. The number of hydrogen-bond donors (Lipinski definition) is 2. The van der Waals surface area contributed by atoms with Gasteiger partial charge in [0, 0.05) is 27.4 Å². The summed E-state index contributed by atoms with van der Waals surface area (Å²) in [5.41, 5.74) is 7.88. The molecular formula is C19H22N2OS. The van der Waals surface area contributed by atoms with Crippen LogP contribution in [0.15, 0.2) is 58.3 Å². The van der Waals surface area contributed by atoms with Crippen LogP contribution in [0.3, 0.4) is 0 Å². The lowest BCUT2D eigenvalue weighted by Gasteiger charge is -2.13. The molecule has 1 aliphatic carbocycles. The number of anilines is 1. The molecule has 0 aliphatic heterocycles. The standard InChI is InChI=1S/C19H22N2OS/c1-13-11-17(23-16-5-3-2-4-6-16)9-10-18(13)21-19(22)14-7-8-15(20)12-14/h2-6,9-11,14-15H,7-8,12,20H2,1H3,(H,21,22). The van der Waals surface area contributed by atoms with Crippen LogP contribution in [0.1, 0.15) is 24.8 Å². The van der Waals surface area contributed by atoms with Crippen molar-refractivity contribution in [3.63, 3.8) is 0 Å². The molecule has 0 spiro atoms. The topological polar surface area (TPSA) is 55.1 Å². The van der Waals surface area contributed by atoms with Crippen LogP contribution in [0, 0.1) is 12.8 Å². The van der Waals surface area contributed by atoms with Gasteiger partial charge >= 0.3 is 0 Å². The minimum absolute atomic E-state index is 0.0581. The largest absolute Gasteiger partial charge is 0.328 e. The molecule has 3 N–H and O–H groups in total. The summed E-state index contributed by atoms with van der Waals surface area (Å²) in [6, 6.07) is 16.6. The molecule has 4 heteroatoms. The first-order valence-electron chi connectivity index (χ1n) is 8.02. The first kappa shape index (κ1) is 16.1. The van der Waals surface area contributed by atoms with Gasteiger partial charge in [-0.1, -0.05) is 30.0 Å². The molecule has 0 aromatic heterocycles. The third-order valence-corrected chi connectivity index (χ3v) is 5.28. The second-order valence-electron chi connectivity index (χ2n) is 6.15. The Balaban J connectivity index is 1.66. The summed E-state index contributed by atoms with van der Waals surface area (Å²) in [6.45, 7) is 2.03. The molecule has 23 heavy (non-hydrogen) atoms. The van der Waals surface area contributed by atoms with Crippen LogP contribution < -0.4 is 11.1 Å². The molecule has 3 nitrogen and oxygen atoms in total. The molecule has 0 bridgehead atoms. The van der Waals surface area contributed by atoms with Crippen LogP contribution >= 0.6 is 11.8 Å². The maximum atomic E-state index is 12.3. The quantitative estimate of drug-likeness (QED) is 0.885. The van der Waals surface area contributed by atoms with E-state index in [4.69, 9.17) is 5.73 Å². The van der Waals surface area contributed by atoms with Crippen LogP contribution in [0.2, 0.25) is 0 Å². The van der Waals surface area contributed by atoms with Crippen LogP contribution in [0.25, 0.3) is 0 Å². The average Bonchev–Trinajstić information content (AvgIpc) is 2.98. The van der Waals surface area contributed by atoms with Gasteiger partial charge in [-0.15, -0.1) is 0 Å². The van der Waals surface area contributed by atoms with Crippen molar-refractivity contribution < 1.29 is 4.79 Å². The predicted octanol–water partition coefficient (Wildman–Crippen LogP) is 4.21. The molecule has 120 valence electrons. The lowest BCUT2D eigenvalue weighted by atomic mass is 10.1. The number of carbonyl (C=O) groups excluding carboxylic acids is 1. The SMILES string of the molecule is Cc1cc(Sc2ccccc2)ccc1NC(=O)C1CCC(N)C1. The first-order valence-corrected chi connectivity index (χ1v) is 8.83. The zero-order valence-corrected chi connectivity index (χ0v) is 14.1. The predicted molar refractivity (Wildman–Crippen MR) is 95.7 cm³/mol. The molecule has 0 heterocycles. The van der Waals surface area contributed by atoms with Gasteiger partial charge in [-0.3, -0.25) is 4.79 Å². The summed E-state index contributed by atoms with van der Waals surface area (Å²) < 4.78 is 0. The Morgan fingerprint density at radius 1 is 1.13 bits per heavy atom. The molecule has 1 fully saturated rings. The average molecular weight is 326 g/mol. The maximum Gasteiger partial charge on any atom is 0.227 e. The number of hydrogen-bond acceptors (Lipinski definition) is 3. The Morgan fingerprint density at radius 2 is 1.91 bits per heavy atom. The summed E-state index contributed by atoms with van der Waals surface area (Å²) in [4.78, 5) is 14.7. The van der Waals surface area contributed by atoms with Crippen molar-refractivity contribution >= 4 is 23.4 Å². The van der Waals surface area contributed by atoms with Crippen molar-refractivity contribution in [3.05, 3.63) is 54.1 Å². The first-order chi connectivity index (χ1) is 11.1. The van der Waals surface area contributed by atoms with Gasteiger partial charge in [0.05, 0.1) is 0 Å². The maximum absolute atomic E-state index is 12.3. The van der Waals surface area contributed by atoms with Gasteiger partial charge in [-0.25, -0.2) is 0 Å². The zero-order valence-electron chi connectivity index (χ0n) is 13.3. The molecule has 1 amide bonds. The van der Waals surface area contributed by atoms with Crippen molar-refractivity contribution in [1.82, 2.24) is 0 Å². The molecular weight excluding hydrogens is 304 g/mol. The van der Waals surface area contributed by atoms with Crippen LogP contribution in [0.4, 0.5) is 5.69 Å². The normalized spacial score (nSPS) is 20.4. The monoisotopic (exact) mass is 326 g/mol. The van der Waals surface area contributed by atoms with E-state index in [0.717, 1.165) is 30.5 Å². The highest BCUT2D eigenvalue weighted by molar-refractivity contribution is 7.99. The molecule has 3 rings (SSSR count). The van der Waals surface area contributed by atoms with E-state index >= 15 is 0 Å². The van der Waals surface area contributed by atoms with Gasteiger partial charge in [0.15, 0.2) is 0 Å². The fourth-order valence-electron chi connectivity index (χ4n) is 2.95. The second kappa shape index (κ2) is 7.20. The minimum atomic E-state index is 0.0581. The van der Waals surface area contributed by atoms with E-state index in [1.807, 2.05) is 31.2 Å². The van der Waals surface area contributed by atoms with E-state index < -0.39 is 0 Å². The highest BCUT2D eigenvalue weighted by Gasteiger charge is 2.27. The molecule has 1 aliphatic rings. The molecule has 0 radical (unpaired) electrons. The van der Waals surface area contributed by atoms with E-state index in [1.54, 1.807) is 11.8 Å². The molecule has 0 saturated heterocycles. The Labute approximate surface area is 141 Å². The summed E-state index contributed by atoms with van der Waals surface area (Å²) in [6.07, 6.45) is 2.64. The fourth-order valence-corrected chi connectivity index (χ4v) is 3.89. The number of amides is 1. The summed E-state index contributed by atoms with van der Waals surface area (Å²) in [7, 11) is 0. The second-order valence-corrected chi connectivity index (χ2v) is 7.30. The summed E-state index contributed by atoms with van der Waals surface area (Å²) in [5, 5.41) is 3.06. The highest BCUT2D eigenvalue weighted by Crippen LogP contribution is 2.31. The summed E-state index contributed by atoms with van der Waals surface area (Å²) in [5.74, 6) is 0.160. The Morgan fingerprint density at radius 3 is 2.57 bits per heavy atom. The van der Waals surface area contributed by atoms with E-state index in [9.17, 15) is 4.79 Å². The van der Waals surface area contributed by atoms with Crippen molar-refractivity contribution in [2.75, 3.05) is 5.32 Å². The van der Waals surface area contributed by atoms with Crippen molar-refractivity contribution in [3.8, 4) is 0 Å². The van der Waals surface area contributed by atoms with Crippen molar-refractivity contribution in [2.45, 2.75) is 42.0 Å². The van der Waals surface area contributed by atoms with E-state index in [2.05, 4.69) is 29.6 Å².